The maximum Gasteiger partial charge on any atom is 0.266 e. The monoisotopic (exact) mass is 331 g/mol. The van der Waals surface area contributed by atoms with Gasteiger partial charge in [-0.3, -0.25) is 9.69 Å². The van der Waals surface area contributed by atoms with Crippen LogP contribution in [0, 0.1) is 0 Å². The second-order valence-electron chi connectivity index (χ2n) is 5.28. The van der Waals surface area contributed by atoms with Crippen molar-refractivity contribution in [2.45, 2.75) is 26.4 Å². The van der Waals surface area contributed by atoms with Gasteiger partial charge in [-0.25, -0.2) is 0 Å². The topological polar surface area (TPSA) is 29.5 Å². The molecule has 22 heavy (non-hydrogen) atoms. The van der Waals surface area contributed by atoms with Crippen LogP contribution in [0.5, 0.6) is 5.75 Å². The number of amides is 1. The fraction of sp³-hybridized carbons (Fsp3) is 0.294. The highest BCUT2D eigenvalue weighted by atomic mass is 32.2. The largest absolute Gasteiger partial charge is 0.485 e. The molecule has 3 nitrogen and oxygen atoms in total. The van der Waals surface area contributed by atoms with Crippen LogP contribution < -0.4 is 4.74 Å². The van der Waals surface area contributed by atoms with Crippen LogP contribution in [-0.4, -0.2) is 27.8 Å². The molecule has 2 aliphatic rings. The first-order chi connectivity index (χ1) is 10.6. The Balaban J connectivity index is 1.91. The number of carbonyl (C=O) groups excluding carboxylic acids is 1. The smallest absolute Gasteiger partial charge is 0.266 e. The Hall–Kier alpha value is -1.59. The number of fused-ring (bicyclic) bond motifs is 1. The molecule has 5 heteroatoms. The van der Waals surface area contributed by atoms with Gasteiger partial charge in [-0.15, -0.1) is 0 Å². The number of nitrogens with zero attached hydrogens (tertiary/aromatic N) is 1. The van der Waals surface area contributed by atoms with E-state index in [9.17, 15) is 4.79 Å². The van der Waals surface area contributed by atoms with E-state index in [1.165, 1.54) is 11.8 Å². The van der Waals surface area contributed by atoms with E-state index >= 15 is 0 Å². The van der Waals surface area contributed by atoms with Crippen LogP contribution in [0.2, 0.25) is 0 Å². The molecule has 0 aromatic heterocycles. The highest BCUT2D eigenvalue weighted by Gasteiger charge is 2.32. The van der Waals surface area contributed by atoms with Crippen molar-refractivity contribution in [3.63, 3.8) is 0 Å². The summed E-state index contributed by atoms with van der Waals surface area (Å²) in [5, 5.41) is 0. The predicted molar refractivity (Wildman–Crippen MR) is 94.8 cm³/mol. The number of thioether (sulfide) groups is 1. The maximum absolute atomic E-state index is 12.4. The summed E-state index contributed by atoms with van der Waals surface area (Å²) in [4.78, 5) is 14.8. The fourth-order valence-corrected chi connectivity index (χ4v) is 3.80. The molecule has 1 unspecified atom stereocenters. The Labute approximate surface area is 140 Å². The van der Waals surface area contributed by atoms with Crippen molar-refractivity contribution in [2.75, 3.05) is 6.54 Å². The normalized spacial score (nSPS) is 22.6. The molecule has 0 N–H and O–H groups in total. The molecule has 0 saturated carbocycles. The number of carbonyl (C=O) groups is 1. The molecule has 3 rings (SSSR count). The summed E-state index contributed by atoms with van der Waals surface area (Å²) in [5.41, 5.74) is 2.03. The molecule has 1 atom stereocenters. The van der Waals surface area contributed by atoms with Crippen molar-refractivity contribution in [1.82, 2.24) is 4.90 Å². The first kappa shape index (κ1) is 15.3. The van der Waals surface area contributed by atoms with Crippen LogP contribution in [0.4, 0.5) is 0 Å². The Morgan fingerprint density at radius 1 is 1.41 bits per heavy atom. The zero-order valence-corrected chi connectivity index (χ0v) is 14.2. The first-order valence-corrected chi connectivity index (χ1v) is 8.55. The molecule has 2 heterocycles. The van der Waals surface area contributed by atoms with Crippen molar-refractivity contribution in [3.05, 3.63) is 46.4 Å². The van der Waals surface area contributed by atoms with Crippen molar-refractivity contribution in [2.24, 2.45) is 0 Å². The van der Waals surface area contributed by atoms with Crippen molar-refractivity contribution in [1.29, 1.82) is 0 Å². The van der Waals surface area contributed by atoms with Gasteiger partial charge in [-0.05, 0) is 37.1 Å². The molecular weight excluding hydrogens is 314 g/mol. The molecule has 2 aliphatic heterocycles. The molecule has 1 fully saturated rings. The number of para-hydroxylation sites is 1. The minimum absolute atomic E-state index is 0.00353. The molecule has 1 amide bonds. The van der Waals surface area contributed by atoms with Gasteiger partial charge in [-0.1, -0.05) is 49.1 Å². The molecule has 0 spiro atoms. The highest BCUT2D eigenvalue weighted by molar-refractivity contribution is 8.26. The Morgan fingerprint density at radius 2 is 2.18 bits per heavy atom. The summed E-state index contributed by atoms with van der Waals surface area (Å²) in [6.45, 7) is 4.71. The lowest BCUT2D eigenvalue weighted by Crippen LogP contribution is -2.28. The van der Waals surface area contributed by atoms with Gasteiger partial charge in [0.25, 0.3) is 5.91 Å². The summed E-state index contributed by atoms with van der Waals surface area (Å²) in [6, 6.07) is 7.91. The Kier molecular flexibility index (Phi) is 4.36. The zero-order valence-electron chi connectivity index (χ0n) is 12.5. The fourth-order valence-electron chi connectivity index (χ4n) is 2.49. The minimum Gasteiger partial charge on any atom is -0.485 e. The third-order valence-corrected chi connectivity index (χ3v) is 5.01. The molecule has 0 radical (unpaired) electrons. The van der Waals surface area contributed by atoms with Crippen molar-refractivity contribution in [3.8, 4) is 5.75 Å². The van der Waals surface area contributed by atoms with Gasteiger partial charge in [0, 0.05) is 12.1 Å². The van der Waals surface area contributed by atoms with E-state index in [1.807, 2.05) is 44.2 Å². The summed E-state index contributed by atoms with van der Waals surface area (Å²) in [7, 11) is 0. The van der Waals surface area contributed by atoms with Gasteiger partial charge >= 0.3 is 0 Å². The van der Waals surface area contributed by atoms with E-state index in [4.69, 9.17) is 17.0 Å². The SMILES string of the molecule is CCCN1C(=O)/C(=C\C2=Cc3ccccc3OC2C)SC1=S. The molecule has 114 valence electrons. The highest BCUT2D eigenvalue weighted by Crippen LogP contribution is 2.35. The standard InChI is InChI=1S/C17H17NO2S2/c1-3-8-18-16(19)15(22-17(18)21)10-13-9-12-6-4-5-7-14(12)20-11(13)2/h4-7,9-11H,3,8H2,1-2H3/b15-10+. The van der Waals surface area contributed by atoms with Crippen LogP contribution in [0.25, 0.3) is 6.08 Å². The number of ether oxygens (including phenoxy) is 1. The van der Waals surface area contributed by atoms with Crippen LogP contribution in [-0.2, 0) is 4.79 Å². The van der Waals surface area contributed by atoms with E-state index < -0.39 is 0 Å². The summed E-state index contributed by atoms with van der Waals surface area (Å²) in [6.07, 6.45) is 4.81. The molecule has 1 aromatic carbocycles. The number of hydrogen-bond acceptors (Lipinski definition) is 4. The Bertz CT molecular complexity index is 694. The van der Waals surface area contributed by atoms with Gasteiger partial charge in [0.1, 0.15) is 16.2 Å². The van der Waals surface area contributed by atoms with Crippen molar-refractivity contribution < 1.29 is 9.53 Å². The molecule has 0 aliphatic carbocycles. The lowest BCUT2D eigenvalue weighted by Gasteiger charge is -2.23. The third kappa shape index (κ3) is 2.83. The first-order valence-electron chi connectivity index (χ1n) is 7.32. The van der Waals surface area contributed by atoms with E-state index in [-0.39, 0.29) is 12.0 Å². The number of hydrogen-bond donors (Lipinski definition) is 0. The zero-order chi connectivity index (χ0) is 15.7. The van der Waals surface area contributed by atoms with Crippen molar-refractivity contribution >= 4 is 40.3 Å². The van der Waals surface area contributed by atoms with Crippen LogP contribution >= 0.6 is 24.0 Å². The second kappa shape index (κ2) is 6.26. The number of benzene rings is 1. The lowest BCUT2D eigenvalue weighted by molar-refractivity contribution is -0.122. The second-order valence-corrected chi connectivity index (χ2v) is 6.95. The number of thiocarbonyl (C=S) groups is 1. The lowest BCUT2D eigenvalue weighted by atomic mass is 10.0. The predicted octanol–water partition coefficient (Wildman–Crippen LogP) is 4.01. The summed E-state index contributed by atoms with van der Waals surface area (Å²) >= 11 is 6.67. The average molecular weight is 331 g/mol. The van der Waals surface area contributed by atoms with E-state index in [2.05, 4.69) is 6.08 Å². The summed E-state index contributed by atoms with van der Waals surface area (Å²) < 4.78 is 6.55. The van der Waals surface area contributed by atoms with Crippen LogP contribution in [0.15, 0.2) is 40.8 Å². The summed E-state index contributed by atoms with van der Waals surface area (Å²) in [5.74, 6) is 0.884. The maximum atomic E-state index is 12.4. The van der Waals surface area contributed by atoms with Crippen LogP contribution in [0.1, 0.15) is 25.8 Å². The quantitative estimate of drug-likeness (QED) is 0.618. The minimum atomic E-state index is -0.0791. The molecule has 1 aromatic rings. The van der Waals surface area contributed by atoms with E-state index in [0.717, 1.165) is 23.3 Å². The average Bonchev–Trinajstić information content (AvgIpc) is 2.76. The van der Waals surface area contributed by atoms with E-state index in [0.29, 0.717) is 15.8 Å². The molecule has 1 saturated heterocycles. The van der Waals surface area contributed by atoms with Gasteiger partial charge in [0.05, 0.1) is 4.91 Å². The molecule has 0 bridgehead atoms. The van der Waals surface area contributed by atoms with Gasteiger partial charge in [-0.2, -0.15) is 0 Å². The van der Waals surface area contributed by atoms with Gasteiger partial charge in [0.2, 0.25) is 0 Å². The van der Waals surface area contributed by atoms with Gasteiger partial charge < -0.3 is 4.74 Å². The third-order valence-electron chi connectivity index (χ3n) is 3.63. The van der Waals surface area contributed by atoms with Gasteiger partial charge in [0.15, 0.2) is 0 Å². The number of rotatable bonds is 3. The molecular formula is C17H17NO2S2. The Morgan fingerprint density at radius 3 is 2.95 bits per heavy atom. The van der Waals surface area contributed by atoms with E-state index in [1.54, 1.807) is 4.90 Å². The van der Waals surface area contributed by atoms with Crippen LogP contribution in [0.3, 0.4) is 0 Å².